The highest BCUT2D eigenvalue weighted by Crippen LogP contribution is 2.19. The molecule has 0 aliphatic heterocycles. The van der Waals surface area contributed by atoms with Crippen molar-refractivity contribution in [2.75, 3.05) is 0 Å². The van der Waals surface area contributed by atoms with Gasteiger partial charge in [-0.1, -0.05) is 0 Å². The molecule has 0 fully saturated rings. The van der Waals surface area contributed by atoms with Gasteiger partial charge < -0.3 is 10.1 Å². The molecule has 0 radical (unpaired) electrons. The van der Waals surface area contributed by atoms with Crippen molar-refractivity contribution in [1.82, 2.24) is 15.0 Å². The number of aromatic nitrogens is 3. The predicted octanol–water partition coefficient (Wildman–Crippen LogP) is 1.02. The van der Waals surface area contributed by atoms with Crippen LogP contribution in [0.2, 0.25) is 0 Å². The van der Waals surface area contributed by atoms with Crippen molar-refractivity contribution in [3.8, 4) is 11.5 Å². The van der Waals surface area contributed by atoms with E-state index in [9.17, 15) is 9.59 Å². The lowest BCUT2D eigenvalue weighted by Crippen LogP contribution is -2.15. The first-order chi connectivity index (χ1) is 9.15. The Morgan fingerprint density at radius 3 is 3.00 bits per heavy atom. The van der Waals surface area contributed by atoms with Crippen molar-refractivity contribution in [2.24, 2.45) is 0 Å². The Kier molecular flexibility index (Phi) is 2.63. The summed E-state index contributed by atoms with van der Waals surface area (Å²) in [6.45, 7) is 0. The Balaban J connectivity index is 2.12. The van der Waals surface area contributed by atoms with Crippen LogP contribution in [0.5, 0.6) is 0 Å². The number of aromatic amines is 1. The van der Waals surface area contributed by atoms with Crippen LogP contribution < -0.4 is 5.56 Å². The Labute approximate surface area is 108 Å². The summed E-state index contributed by atoms with van der Waals surface area (Å²) in [5.74, 6) is -0.707. The molecular weight excluding hydrogens is 246 g/mol. The quantitative estimate of drug-likeness (QED) is 0.837. The second-order valence-corrected chi connectivity index (χ2v) is 4.43. The number of nitrogens with one attached hydrogen (secondary N) is 1. The van der Waals surface area contributed by atoms with E-state index in [1.54, 1.807) is 0 Å². The van der Waals surface area contributed by atoms with E-state index >= 15 is 0 Å². The van der Waals surface area contributed by atoms with E-state index in [-0.39, 0.29) is 11.1 Å². The Morgan fingerprint density at radius 2 is 2.21 bits per heavy atom. The Morgan fingerprint density at radius 1 is 1.37 bits per heavy atom. The normalized spacial score (nSPS) is 13.3. The number of carboxylic acids is 1. The van der Waals surface area contributed by atoms with Crippen molar-refractivity contribution >= 4 is 5.97 Å². The molecule has 6 nitrogen and oxygen atoms in total. The SMILES string of the molecule is O=C(O)c1ccnc(-c2nc3c(c(=O)[nH]2)CCC3)c1. The van der Waals surface area contributed by atoms with E-state index in [0.717, 1.165) is 30.5 Å². The summed E-state index contributed by atoms with van der Waals surface area (Å²) in [7, 11) is 0. The van der Waals surface area contributed by atoms with E-state index in [4.69, 9.17) is 5.11 Å². The number of aromatic carboxylic acids is 1. The summed E-state index contributed by atoms with van der Waals surface area (Å²) < 4.78 is 0. The summed E-state index contributed by atoms with van der Waals surface area (Å²) in [5, 5.41) is 8.95. The fourth-order valence-corrected chi connectivity index (χ4v) is 2.26. The smallest absolute Gasteiger partial charge is 0.335 e. The maximum absolute atomic E-state index is 11.9. The number of H-pyrrole nitrogens is 1. The molecule has 0 spiro atoms. The molecule has 2 N–H and O–H groups in total. The van der Waals surface area contributed by atoms with Gasteiger partial charge in [-0.2, -0.15) is 0 Å². The van der Waals surface area contributed by atoms with Crippen molar-refractivity contribution in [1.29, 1.82) is 0 Å². The zero-order chi connectivity index (χ0) is 13.4. The third-order valence-corrected chi connectivity index (χ3v) is 3.19. The molecule has 0 saturated carbocycles. The summed E-state index contributed by atoms with van der Waals surface area (Å²) in [4.78, 5) is 33.9. The fraction of sp³-hybridized carbons (Fsp3) is 0.231. The lowest BCUT2D eigenvalue weighted by atomic mass is 10.2. The summed E-state index contributed by atoms with van der Waals surface area (Å²) in [6.07, 6.45) is 3.86. The van der Waals surface area contributed by atoms with Gasteiger partial charge >= 0.3 is 5.97 Å². The average molecular weight is 257 g/mol. The fourth-order valence-electron chi connectivity index (χ4n) is 2.26. The summed E-state index contributed by atoms with van der Waals surface area (Å²) >= 11 is 0. The molecule has 96 valence electrons. The number of hydrogen-bond acceptors (Lipinski definition) is 4. The topological polar surface area (TPSA) is 95.9 Å². The number of carboxylic acid groups (broad SMARTS) is 1. The third-order valence-electron chi connectivity index (χ3n) is 3.19. The molecule has 6 heteroatoms. The van der Waals surface area contributed by atoms with Crippen LogP contribution in [0.1, 0.15) is 28.0 Å². The first kappa shape index (κ1) is 11.6. The van der Waals surface area contributed by atoms with E-state index < -0.39 is 5.97 Å². The standard InChI is InChI=1S/C13H11N3O3/c17-12-8-2-1-3-9(8)15-11(16-12)10-6-7(13(18)19)4-5-14-10/h4-6H,1-3H2,(H,18,19)(H,15,16,17). The van der Waals surface area contributed by atoms with Gasteiger partial charge in [0.25, 0.3) is 5.56 Å². The van der Waals surface area contributed by atoms with Gasteiger partial charge in [0.15, 0.2) is 5.82 Å². The largest absolute Gasteiger partial charge is 0.478 e. The van der Waals surface area contributed by atoms with Crippen LogP contribution >= 0.6 is 0 Å². The number of carbonyl (C=O) groups is 1. The van der Waals surface area contributed by atoms with Gasteiger partial charge in [-0.05, 0) is 31.4 Å². The molecule has 3 rings (SSSR count). The maximum atomic E-state index is 11.9. The molecule has 0 atom stereocenters. The first-order valence-corrected chi connectivity index (χ1v) is 5.97. The van der Waals surface area contributed by atoms with Gasteiger partial charge in [-0.15, -0.1) is 0 Å². The summed E-state index contributed by atoms with van der Waals surface area (Å²) in [6, 6.07) is 2.80. The van der Waals surface area contributed by atoms with Gasteiger partial charge in [0.05, 0.1) is 11.3 Å². The number of hydrogen-bond donors (Lipinski definition) is 2. The second-order valence-electron chi connectivity index (χ2n) is 4.43. The molecule has 19 heavy (non-hydrogen) atoms. The van der Waals surface area contributed by atoms with Crippen LogP contribution in [-0.2, 0) is 12.8 Å². The lowest BCUT2D eigenvalue weighted by Gasteiger charge is -2.04. The maximum Gasteiger partial charge on any atom is 0.335 e. The number of rotatable bonds is 2. The van der Waals surface area contributed by atoms with Crippen LogP contribution in [0.15, 0.2) is 23.1 Å². The van der Waals surface area contributed by atoms with Crippen molar-refractivity contribution in [3.63, 3.8) is 0 Å². The Bertz CT molecular complexity index is 721. The zero-order valence-corrected chi connectivity index (χ0v) is 10.0. The van der Waals surface area contributed by atoms with Gasteiger partial charge in [-0.3, -0.25) is 9.78 Å². The van der Waals surface area contributed by atoms with Gasteiger partial charge in [0.1, 0.15) is 5.69 Å². The highest BCUT2D eigenvalue weighted by molar-refractivity contribution is 5.88. The number of pyridine rings is 1. The number of fused-ring (bicyclic) bond motifs is 1. The van der Waals surface area contributed by atoms with Gasteiger partial charge in [0, 0.05) is 11.8 Å². The van der Waals surface area contributed by atoms with Crippen LogP contribution in [0, 0.1) is 0 Å². The monoisotopic (exact) mass is 257 g/mol. The molecule has 0 bridgehead atoms. The van der Waals surface area contributed by atoms with E-state index in [1.165, 1.54) is 18.3 Å². The van der Waals surface area contributed by atoms with E-state index in [1.807, 2.05) is 0 Å². The highest BCUT2D eigenvalue weighted by Gasteiger charge is 2.18. The zero-order valence-electron chi connectivity index (χ0n) is 10.0. The molecule has 2 aromatic heterocycles. The van der Waals surface area contributed by atoms with E-state index in [0.29, 0.717) is 11.5 Å². The second kappa shape index (κ2) is 4.31. The van der Waals surface area contributed by atoms with Crippen LogP contribution in [-0.4, -0.2) is 26.0 Å². The van der Waals surface area contributed by atoms with Gasteiger partial charge in [-0.25, -0.2) is 9.78 Å². The van der Waals surface area contributed by atoms with Crippen molar-refractivity contribution in [3.05, 3.63) is 45.5 Å². The summed E-state index contributed by atoms with van der Waals surface area (Å²) in [5.41, 5.74) is 1.86. The van der Waals surface area contributed by atoms with Crippen LogP contribution in [0.4, 0.5) is 0 Å². The Hall–Kier alpha value is -2.50. The van der Waals surface area contributed by atoms with E-state index in [2.05, 4.69) is 15.0 Å². The molecule has 0 aromatic carbocycles. The van der Waals surface area contributed by atoms with Crippen molar-refractivity contribution in [2.45, 2.75) is 19.3 Å². The van der Waals surface area contributed by atoms with Crippen molar-refractivity contribution < 1.29 is 9.90 Å². The molecule has 0 saturated heterocycles. The first-order valence-electron chi connectivity index (χ1n) is 5.97. The van der Waals surface area contributed by atoms with Gasteiger partial charge in [0.2, 0.25) is 0 Å². The average Bonchev–Trinajstić information content (AvgIpc) is 2.87. The molecule has 2 aromatic rings. The molecule has 0 unspecified atom stereocenters. The minimum absolute atomic E-state index is 0.119. The highest BCUT2D eigenvalue weighted by atomic mass is 16.4. The van der Waals surface area contributed by atoms with Crippen LogP contribution in [0.3, 0.4) is 0 Å². The molecular formula is C13H11N3O3. The van der Waals surface area contributed by atoms with Crippen LogP contribution in [0.25, 0.3) is 11.5 Å². The minimum atomic E-state index is -1.04. The minimum Gasteiger partial charge on any atom is -0.478 e. The molecule has 0 amide bonds. The number of aryl methyl sites for hydroxylation is 1. The lowest BCUT2D eigenvalue weighted by molar-refractivity contribution is 0.0697. The molecule has 1 aliphatic rings. The molecule has 1 aliphatic carbocycles. The molecule has 2 heterocycles. The third kappa shape index (κ3) is 2.01. The number of nitrogens with zero attached hydrogens (tertiary/aromatic N) is 2. The predicted molar refractivity (Wildman–Crippen MR) is 67.1 cm³/mol.